The highest BCUT2D eigenvalue weighted by molar-refractivity contribution is 6.20. The van der Waals surface area contributed by atoms with Crippen LogP contribution >= 0.6 is 11.6 Å². The molecule has 158 valence electrons. The van der Waals surface area contributed by atoms with Gasteiger partial charge in [0.05, 0.1) is 30.6 Å². The smallest absolute Gasteiger partial charge is 0.420 e. The van der Waals surface area contributed by atoms with Gasteiger partial charge in [0.15, 0.2) is 0 Å². The summed E-state index contributed by atoms with van der Waals surface area (Å²) in [7, 11) is 1.57. The Bertz CT molecular complexity index is 1080. The molecule has 1 N–H and O–H groups in total. The topological polar surface area (TPSA) is 87.4 Å². The Kier molecular flexibility index (Phi) is 6.48. The molecule has 0 aliphatic heterocycles. The van der Waals surface area contributed by atoms with E-state index in [1.165, 1.54) is 53.4 Å². The molecule has 2 heterocycles. The summed E-state index contributed by atoms with van der Waals surface area (Å²) in [5.74, 6) is -0.654. The van der Waals surface area contributed by atoms with E-state index in [0.717, 1.165) is 0 Å². The van der Waals surface area contributed by atoms with Crippen LogP contribution in [-0.4, -0.2) is 39.5 Å². The quantitative estimate of drug-likeness (QED) is 0.546. The minimum Gasteiger partial charge on any atom is -0.420 e. The number of pyridine rings is 1. The van der Waals surface area contributed by atoms with Crippen molar-refractivity contribution in [2.24, 2.45) is 0 Å². The molecule has 0 saturated carbocycles. The van der Waals surface area contributed by atoms with E-state index in [1.807, 2.05) is 0 Å². The number of aromatic nitrogens is 3. The van der Waals surface area contributed by atoms with Gasteiger partial charge in [0.25, 0.3) is 11.5 Å². The largest absolute Gasteiger partial charge is 0.487 e. The van der Waals surface area contributed by atoms with E-state index >= 15 is 0 Å². The van der Waals surface area contributed by atoms with Gasteiger partial charge in [0.2, 0.25) is 0 Å². The molecule has 2 aromatic heterocycles. The number of nitrogens with zero attached hydrogens (tertiary/aromatic N) is 3. The number of rotatable bonds is 8. The summed E-state index contributed by atoms with van der Waals surface area (Å²) in [5, 5.41) is 6.76. The maximum atomic E-state index is 12.6. The van der Waals surface area contributed by atoms with E-state index in [-0.39, 0.29) is 16.9 Å². The number of alkyl halides is 3. The number of carbonyl (C=O) groups is 1. The van der Waals surface area contributed by atoms with Crippen molar-refractivity contribution in [1.29, 1.82) is 0 Å². The van der Waals surface area contributed by atoms with Crippen LogP contribution in [0.3, 0.4) is 0 Å². The van der Waals surface area contributed by atoms with Crippen molar-refractivity contribution in [3.8, 4) is 11.4 Å². The first-order valence-corrected chi connectivity index (χ1v) is 9.04. The fraction of sp³-hybridized carbons (Fsp3) is 0.211. The third kappa shape index (κ3) is 5.65. The SMILES string of the molecule is COCCn1cc(-n2cc(C(=O)Nc3ccc(OC(F)(F)Cl)cc3)ccc2=O)cn1. The molecule has 0 bridgehead atoms. The lowest BCUT2D eigenvalue weighted by molar-refractivity contribution is -0.0964. The fourth-order valence-corrected chi connectivity index (χ4v) is 2.64. The van der Waals surface area contributed by atoms with Gasteiger partial charge in [0, 0.05) is 42.9 Å². The Morgan fingerprint density at radius 1 is 1.20 bits per heavy atom. The van der Waals surface area contributed by atoms with Crippen LogP contribution in [-0.2, 0) is 11.3 Å². The Morgan fingerprint density at radius 2 is 1.93 bits per heavy atom. The highest BCUT2D eigenvalue weighted by atomic mass is 35.5. The number of hydrogen-bond acceptors (Lipinski definition) is 5. The summed E-state index contributed by atoms with van der Waals surface area (Å²) < 4.78 is 37.4. The summed E-state index contributed by atoms with van der Waals surface area (Å²) in [6.45, 7) is 0.978. The van der Waals surface area contributed by atoms with Crippen LogP contribution < -0.4 is 15.6 Å². The maximum absolute atomic E-state index is 12.6. The first kappa shape index (κ1) is 21.5. The summed E-state index contributed by atoms with van der Waals surface area (Å²) in [6, 6.07) is 7.88. The Labute approximate surface area is 174 Å². The second kappa shape index (κ2) is 9.06. The minimum atomic E-state index is -3.82. The summed E-state index contributed by atoms with van der Waals surface area (Å²) in [4.78, 5) is 24.7. The molecule has 0 aliphatic rings. The summed E-state index contributed by atoms with van der Waals surface area (Å²) >= 11 is 4.71. The first-order valence-electron chi connectivity index (χ1n) is 8.67. The van der Waals surface area contributed by atoms with Crippen LogP contribution in [0, 0.1) is 0 Å². The lowest BCUT2D eigenvalue weighted by Crippen LogP contribution is -2.20. The molecular weight excluding hydrogens is 422 g/mol. The molecule has 0 aliphatic carbocycles. The van der Waals surface area contributed by atoms with Crippen molar-refractivity contribution in [2.45, 2.75) is 12.1 Å². The number of hydrogen-bond donors (Lipinski definition) is 1. The fourth-order valence-electron chi connectivity index (χ4n) is 2.55. The van der Waals surface area contributed by atoms with E-state index in [4.69, 9.17) is 16.3 Å². The number of methoxy groups -OCH3 is 1. The molecule has 8 nitrogen and oxygen atoms in total. The second-order valence-electron chi connectivity index (χ2n) is 6.11. The average molecular weight is 439 g/mol. The van der Waals surface area contributed by atoms with E-state index in [9.17, 15) is 18.4 Å². The minimum absolute atomic E-state index is 0.160. The Balaban J connectivity index is 1.74. The summed E-state index contributed by atoms with van der Waals surface area (Å²) in [6.07, 6.45) is 4.55. The normalized spacial score (nSPS) is 11.3. The van der Waals surface area contributed by atoms with Gasteiger partial charge >= 0.3 is 5.57 Å². The van der Waals surface area contributed by atoms with Crippen LogP contribution in [0.1, 0.15) is 10.4 Å². The molecule has 11 heteroatoms. The molecule has 0 atom stereocenters. The molecule has 1 aromatic carbocycles. The number of anilines is 1. The number of benzene rings is 1. The predicted molar refractivity (Wildman–Crippen MR) is 106 cm³/mol. The molecule has 30 heavy (non-hydrogen) atoms. The molecule has 0 radical (unpaired) electrons. The first-order chi connectivity index (χ1) is 14.2. The number of amides is 1. The van der Waals surface area contributed by atoms with Crippen molar-refractivity contribution in [3.63, 3.8) is 0 Å². The monoisotopic (exact) mass is 438 g/mol. The molecule has 0 spiro atoms. The van der Waals surface area contributed by atoms with Gasteiger partial charge in [-0.05, 0) is 30.3 Å². The van der Waals surface area contributed by atoms with Gasteiger partial charge in [-0.3, -0.25) is 18.8 Å². The van der Waals surface area contributed by atoms with Crippen LogP contribution in [0.15, 0.2) is 59.8 Å². The van der Waals surface area contributed by atoms with Crippen LogP contribution in [0.25, 0.3) is 5.69 Å². The van der Waals surface area contributed by atoms with Crippen molar-refractivity contribution in [1.82, 2.24) is 14.3 Å². The number of ether oxygens (including phenoxy) is 2. The van der Waals surface area contributed by atoms with Gasteiger partial charge < -0.3 is 14.8 Å². The number of nitrogens with one attached hydrogen (secondary N) is 1. The highest BCUT2D eigenvalue weighted by Gasteiger charge is 2.27. The predicted octanol–water partition coefficient (Wildman–Crippen LogP) is 3.10. The lowest BCUT2D eigenvalue weighted by atomic mass is 10.2. The van der Waals surface area contributed by atoms with Gasteiger partial charge in [-0.2, -0.15) is 5.10 Å². The molecule has 0 saturated heterocycles. The van der Waals surface area contributed by atoms with Gasteiger partial charge in [-0.15, -0.1) is 8.78 Å². The van der Waals surface area contributed by atoms with E-state index < -0.39 is 11.5 Å². The van der Waals surface area contributed by atoms with Crippen molar-refractivity contribution in [3.05, 3.63) is 70.9 Å². The van der Waals surface area contributed by atoms with Gasteiger partial charge in [-0.1, -0.05) is 0 Å². The highest BCUT2D eigenvalue weighted by Crippen LogP contribution is 2.26. The van der Waals surface area contributed by atoms with Crippen molar-refractivity contribution < 1.29 is 23.0 Å². The Hall–Kier alpha value is -3.24. The van der Waals surface area contributed by atoms with E-state index in [1.54, 1.807) is 18.0 Å². The molecule has 0 unspecified atom stereocenters. The van der Waals surface area contributed by atoms with Crippen molar-refractivity contribution in [2.75, 3.05) is 19.0 Å². The van der Waals surface area contributed by atoms with E-state index in [2.05, 4.69) is 15.2 Å². The van der Waals surface area contributed by atoms with E-state index in [0.29, 0.717) is 24.5 Å². The molecule has 3 rings (SSSR count). The molecule has 0 fully saturated rings. The zero-order valence-corrected chi connectivity index (χ0v) is 16.5. The molecular formula is C19H17ClF2N4O4. The van der Waals surface area contributed by atoms with Gasteiger partial charge in [0.1, 0.15) is 5.75 Å². The zero-order valence-electron chi connectivity index (χ0n) is 15.7. The third-order valence-corrected chi connectivity index (χ3v) is 4.02. The van der Waals surface area contributed by atoms with Crippen LogP contribution in [0.2, 0.25) is 0 Å². The van der Waals surface area contributed by atoms with Crippen LogP contribution in [0.4, 0.5) is 14.5 Å². The maximum Gasteiger partial charge on any atom is 0.487 e. The standard InChI is InChI=1S/C19H17ClF2N4O4/c1-29-9-8-25-12-15(10-23-25)26-11-13(2-7-17(26)27)18(28)24-14-3-5-16(6-4-14)30-19(20,21)22/h2-7,10-12H,8-9H2,1H3,(H,24,28). The Morgan fingerprint density at radius 3 is 2.60 bits per heavy atom. The lowest BCUT2D eigenvalue weighted by Gasteiger charge is -2.11. The van der Waals surface area contributed by atoms with Gasteiger partial charge in [-0.25, -0.2) is 0 Å². The molecule has 1 amide bonds. The average Bonchev–Trinajstić information content (AvgIpc) is 3.15. The van der Waals surface area contributed by atoms with Crippen LogP contribution in [0.5, 0.6) is 5.75 Å². The molecule has 3 aromatic rings. The third-order valence-electron chi connectivity index (χ3n) is 3.94. The number of carbonyl (C=O) groups excluding carboxylic acids is 1. The number of halogens is 3. The summed E-state index contributed by atoms with van der Waals surface area (Å²) in [5.41, 5.74) is -3.10. The second-order valence-corrected chi connectivity index (χ2v) is 6.55. The zero-order chi connectivity index (χ0) is 21.7. The van der Waals surface area contributed by atoms with Crippen molar-refractivity contribution >= 4 is 23.2 Å².